The third-order valence-corrected chi connectivity index (χ3v) is 3.78. The van der Waals surface area contributed by atoms with Gasteiger partial charge in [-0.25, -0.2) is 0 Å². The molecule has 1 N–H and O–H groups in total. The van der Waals surface area contributed by atoms with Crippen LogP contribution in [0, 0.1) is 11.3 Å². The van der Waals surface area contributed by atoms with Gasteiger partial charge in [0, 0.05) is 5.02 Å². The molecule has 2 aliphatic heterocycles. The van der Waals surface area contributed by atoms with Gasteiger partial charge in [-0.2, -0.15) is 5.26 Å². The van der Waals surface area contributed by atoms with Gasteiger partial charge in [-0.1, -0.05) is 11.6 Å². The average molecular weight is 249 g/mol. The van der Waals surface area contributed by atoms with Gasteiger partial charge in [-0.15, -0.1) is 0 Å². The summed E-state index contributed by atoms with van der Waals surface area (Å²) in [5, 5.41) is 13.1. The lowest BCUT2D eigenvalue weighted by Gasteiger charge is -2.21. The standard InChI is InChI=1S/C13H13ClN2O/c14-9-2-1-8(7-15)11(5-9)16-12-6-10-3-4-13(12)17-10/h1-2,5,10,12-13,16H,3-4,6H2. The van der Waals surface area contributed by atoms with Gasteiger partial charge in [0.25, 0.3) is 0 Å². The van der Waals surface area contributed by atoms with Crippen molar-refractivity contribution in [1.29, 1.82) is 5.26 Å². The van der Waals surface area contributed by atoms with E-state index in [0.717, 1.165) is 18.5 Å². The SMILES string of the molecule is N#Cc1ccc(Cl)cc1NC1CC2CCC1O2. The Kier molecular flexibility index (Phi) is 2.70. The molecular formula is C13H13ClN2O. The van der Waals surface area contributed by atoms with Crippen molar-refractivity contribution in [3.05, 3.63) is 28.8 Å². The van der Waals surface area contributed by atoms with Gasteiger partial charge in [-0.3, -0.25) is 0 Å². The molecule has 88 valence electrons. The summed E-state index contributed by atoms with van der Waals surface area (Å²) in [6.45, 7) is 0. The summed E-state index contributed by atoms with van der Waals surface area (Å²) >= 11 is 5.96. The van der Waals surface area contributed by atoms with E-state index in [1.165, 1.54) is 6.42 Å². The second-order valence-electron chi connectivity index (χ2n) is 4.66. The molecule has 1 aromatic rings. The van der Waals surface area contributed by atoms with Gasteiger partial charge in [0.1, 0.15) is 6.07 Å². The van der Waals surface area contributed by atoms with E-state index in [9.17, 15) is 0 Å². The highest BCUT2D eigenvalue weighted by atomic mass is 35.5. The topological polar surface area (TPSA) is 45.0 Å². The summed E-state index contributed by atoms with van der Waals surface area (Å²) < 4.78 is 5.78. The monoisotopic (exact) mass is 248 g/mol. The zero-order chi connectivity index (χ0) is 11.8. The highest BCUT2D eigenvalue weighted by Crippen LogP contribution is 2.36. The van der Waals surface area contributed by atoms with Crippen LogP contribution in [-0.4, -0.2) is 18.2 Å². The van der Waals surface area contributed by atoms with Crippen molar-refractivity contribution in [2.75, 3.05) is 5.32 Å². The molecule has 0 aliphatic carbocycles. The first-order chi connectivity index (χ1) is 8.26. The van der Waals surface area contributed by atoms with Crippen LogP contribution in [0.5, 0.6) is 0 Å². The summed E-state index contributed by atoms with van der Waals surface area (Å²) in [5.74, 6) is 0. The van der Waals surface area contributed by atoms with Crippen LogP contribution in [0.3, 0.4) is 0 Å². The van der Waals surface area contributed by atoms with Crippen LogP contribution in [-0.2, 0) is 4.74 Å². The Hall–Kier alpha value is -1.24. The number of halogens is 1. The van der Waals surface area contributed by atoms with E-state index >= 15 is 0 Å². The van der Waals surface area contributed by atoms with Crippen LogP contribution in [0.25, 0.3) is 0 Å². The zero-order valence-electron chi connectivity index (χ0n) is 9.32. The number of fused-ring (bicyclic) bond motifs is 2. The van der Waals surface area contributed by atoms with Gasteiger partial charge >= 0.3 is 0 Å². The smallest absolute Gasteiger partial charge is 0.101 e. The summed E-state index contributed by atoms with van der Waals surface area (Å²) in [6, 6.07) is 7.80. The average Bonchev–Trinajstić information content (AvgIpc) is 2.91. The first-order valence-corrected chi connectivity index (χ1v) is 6.25. The van der Waals surface area contributed by atoms with E-state index < -0.39 is 0 Å². The molecule has 3 rings (SSSR count). The van der Waals surface area contributed by atoms with Crippen molar-refractivity contribution in [2.24, 2.45) is 0 Å². The van der Waals surface area contributed by atoms with E-state index in [1.54, 1.807) is 12.1 Å². The van der Waals surface area contributed by atoms with Crippen molar-refractivity contribution in [3.8, 4) is 6.07 Å². The van der Waals surface area contributed by atoms with Crippen molar-refractivity contribution in [1.82, 2.24) is 0 Å². The molecule has 2 fully saturated rings. The molecule has 0 spiro atoms. The van der Waals surface area contributed by atoms with E-state index in [0.29, 0.717) is 28.8 Å². The molecule has 2 saturated heterocycles. The molecule has 2 heterocycles. The van der Waals surface area contributed by atoms with Gasteiger partial charge in [0.2, 0.25) is 0 Å². The minimum Gasteiger partial charge on any atom is -0.378 e. The first-order valence-electron chi connectivity index (χ1n) is 5.88. The van der Waals surface area contributed by atoms with Crippen molar-refractivity contribution in [3.63, 3.8) is 0 Å². The molecule has 2 bridgehead atoms. The van der Waals surface area contributed by atoms with Crippen LogP contribution in [0.15, 0.2) is 18.2 Å². The maximum absolute atomic E-state index is 9.05. The number of hydrogen-bond donors (Lipinski definition) is 1. The highest BCUT2D eigenvalue weighted by molar-refractivity contribution is 6.30. The Morgan fingerprint density at radius 3 is 2.94 bits per heavy atom. The summed E-state index contributed by atoms with van der Waals surface area (Å²) in [4.78, 5) is 0. The number of nitrogens with one attached hydrogen (secondary N) is 1. The van der Waals surface area contributed by atoms with Crippen LogP contribution >= 0.6 is 11.6 Å². The summed E-state index contributed by atoms with van der Waals surface area (Å²) in [5.41, 5.74) is 1.46. The molecule has 17 heavy (non-hydrogen) atoms. The minimum atomic E-state index is 0.297. The van der Waals surface area contributed by atoms with Crippen molar-refractivity contribution >= 4 is 17.3 Å². The molecular weight excluding hydrogens is 236 g/mol. The van der Waals surface area contributed by atoms with E-state index in [2.05, 4.69) is 11.4 Å². The maximum atomic E-state index is 9.05. The van der Waals surface area contributed by atoms with E-state index in [4.69, 9.17) is 21.6 Å². The molecule has 0 amide bonds. The second kappa shape index (κ2) is 4.21. The lowest BCUT2D eigenvalue weighted by Crippen LogP contribution is -2.30. The Morgan fingerprint density at radius 2 is 2.29 bits per heavy atom. The fourth-order valence-corrected chi connectivity index (χ4v) is 2.89. The number of nitriles is 1. The Bertz CT molecular complexity index is 483. The Balaban J connectivity index is 1.81. The second-order valence-corrected chi connectivity index (χ2v) is 5.10. The quantitative estimate of drug-likeness (QED) is 0.875. The zero-order valence-corrected chi connectivity index (χ0v) is 10.1. The van der Waals surface area contributed by atoms with Crippen LogP contribution < -0.4 is 5.32 Å². The fourth-order valence-electron chi connectivity index (χ4n) is 2.72. The molecule has 3 atom stereocenters. The summed E-state index contributed by atoms with van der Waals surface area (Å²) in [7, 11) is 0. The predicted molar refractivity (Wildman–Crippen MR) is 66.1 cm³/mol. The third kappa shape index (κ3) is 1.99. The third-order valence-electron chi connectivity index (χ3n) is 3.55. The largest absolute Gasteiger partial charge is 0.378 e. The fraction of sp³-hybridized carbons (Fsp3) is 0.462. The van der Waals surface area contributed by atoms with Gasteiger partial charge in [-0.05, 0) is 37.5 Å². The molecule has 0 aromatic heterocycles. The molecule has 1 aromatic carbocycles. The number of hydrogen-bond acceptors (Lipinski definition) is 3. The van der Waals surface area contributed by atoms with Gasteiger partial charge < -0.3 is 10.1 Å². The normalized spacial score (nSPS) is 30.2. The van der Waals surface area contributed by atoms with Crippen LogP contribution in [0.2, 0.25) is 5.02 Å². The van der Waals surface area contributed by atoms with E-state index in [-0.39, 0.29) is 0 Å². The molecule has 3 unspecified atom stereocenters. The molecule has 2 aliphatic rings. The Morgan fingerprint density at radius 1 is 1.41 bits per heavy atom. The van der Waals surface area contributed by atoms with Crippen molar-refractivity contribution in [2.45, 2.75) is 37.5 Å². The Labute approximate surface area is 105 Å². The maximum Gasteiger partial charge on any atom is 0.101 e. The number of anilines is 1. The van der Waals surface area contributed by atoms with Gasteiger partial charge in [0.15, 0.2) is 0 Å². The number of nitrogens with zero attached hydrogens (tertiary/aromatic N) is 1. The summed E-state index contributed by atoms with van der Waals surface area (Å²) in [6.07, 6.45) is 4.02. The molecule has 0 saturated carbocycles. The lowest BCUT2D eigenvalue weighted by atomic mass is 9.95. The number of ether oxygens (including phenoxy) is 1. The van der Waals surface area contributed by atoms with Gasteiger partial charge in [0.05, 0.1) is 29.5 Å². The van der Waals surface area contributed by atoms with Crippen LogP contribution in [0.1, 0.15) is 24.8 Å². The van der Waals surface area contributed by atoms with Crippen molar-refractivity contribution < 1.29 is 4.74 Å². The minimum absolute atomic E-state index is 0.297. The van der Waals surface area contributed by atoms with Crippen LogP contribution in [0.4, 0.5) is 5.69 Å². The highest BCUT2D eigenvalue weighted by Gasteiger charge is 2.40. The number of rotatable bonds is 2. The molecule has 3 nitrogen and oxygen atoms in total. The predicted octanol–water partition coefficient (Wildman–Crippen LogP) is 2.94. The lowest BCUT2D eigenvalue weighted by molar-refractivity contribution is 0.102. The van der Waals surface area contributed by atoms with E-state index in [1.807, 2.05) is 6.07 Å². The molecule has 0 radical (unpaired) electrons. The number of benzene rings is 1. The first kappa shape index (κ1) is 10.9. The molecule has 4 heteroatoms.